The topological polar surface area (TPSA) is 120 Å². The number of aromatic nitrogens is 1. The molecule has 2 amide bonds. The van der Waals surface area contributed by atoms with Gasteiger partial charge in [-0.15, -0.1) is 11.3 Å². The van der Waals surface area contributed by atoms with Crippen LogP contribution in [0.4, 0.5) is 9.18 Å². The summed E-state index contributed by atoms with van der Waals surface area (Å²) in [4.78, 5) is 42.0. The summed E-state index contributed by atoms with van der Waals surface area (Å²) < 4.78 is 31.2. The number of allylic oxidation sites excluding steroid dienone is 2. The summed E-state index contributed by atoms with van der Waals surface area (Å²) in [5.41, 5.74) is 10.5. The van der Waals surface area contributed by atoms with Gasteiger partial charge in [0.05, 0.1) is 31.4 Å². The number of ether oxygens (including phenoxy) is 2. The Bertz CT molecular complexity index is 2700. The fraction of sp³-hybridized carbons (Fsp3) is 0.408. The van der Waals surface area contributed by atoms with Crippen molar-refractivity contribution in [2.24, 2.45) is 21.8 Å². The number of nitrogens with one attached hydrogen (secondary N) is 3. The maximum absolute atomic E-state index is 17.4. The lowest BCUT2D eigenvalue weighted by atomic mass is 9.93. The molecule has 0 spiro atoms. The average molecular weight is 838 g/mol. The highest BCUT2D eigenvalue weighted by Crippen LogP contribution is 2.50. The van der Waals surface area contributed by atoms with Crippen molar-refractivity contribution in [3.63, 3.8) is 0 Å². The molecule has 2 fully saturated rings. The zero-order valence-electron chi connectivity index (χ0n) is 34.9. The Labute approximate surface area is 358 Å². The molecule has 0 saturated heterocycles. The second-order valence-corrected chi connectivity index (χ2v) is 19.3. The van der Waals surface area contributed by atoms with E-state index in [0.717, 1.165) is 80.6 Å². The van der Waals surface area contributed by atoms with Gasteiger partial charge in [0.15, 0.2) is 18.7 Å². The average Bonchev–Trinajstić information content (AvgIpc) is 3.82. The van der Waals surface area contributed by atoms with Crippen molar-refractivity contribution in [2.75, 3.05) is 20.2 Å². The number of halogens is 1. The predicted molar refractivity (Wildman–Crippen MR) is 237 cm³/mol. The largest absolute Gasteiger partial charge is 0.480 e. The van der Waals surface area contributed by atoms with Crippen LogP contribution in [-0.4, -0.2) is 71.1 Å². The van der Waals surface area contributed by atoms with Gasteiger partial charge in [0.2, 0.25) is 5.71 Å². The van der Waals surface area contributed by atoms with Gasteiger partial charge in [-0.3, -0.25) is 9.98 Å². The van der Waals surface area contributed by atoms with Gasteiger partial charge < -0.3 is 25.1 Å². The normalized spacial score (nSPS) is 24.1. The summed E-state index contributed by atoms with van der Waals surface area (Å²) in [6.07, 6.45) is 7.78. The number of hydrogen-bond acceptors (Lipinski definition) is 8. The lowest BCUT2D eigenvalue weighted by Gasteiger charge is -2.23. The maximum atomic E-state index is 17.4. The lowest BCUT2D eigenvalue weighted by molar-refractivity contribution is -0.443. The minimum absolute atomic E-state index is 0.0347. The highest BCUT2D eigenvalue weighted by molar-refractivity contribution is 7.12. The van der Waals surface area contributed by atoms with E-state index in [1.165, 1.54) is 31.2 Å². The smallest absolute Gasteiger partial charge is 0.409 e. The summed E-state index contributed by atoms with van der Waals surface area (Å²) >= 11 is 1.81. The summed E-state index contributed by atoms with van der Waals surface area (Å²) in [7, 11) is 1.30. The number of methoxy groups -OCH3 is 1. The molecule has 2 bridgehead atoms. The fourth-order valence-electron chi connectivity index (χ4n) is 9.88. The third kappa shape index (κ3) is 6.87. The van der Waals surface area contributed by atoms with Gasteiger partial charge in [-0.1, -0.05) is 32.0 Å². The first-order valence-electron chi connectivity index (χ1n) is 21.8. The Hall–Kier alpha value is -5.62. The van der Waals surface area contributed by atoms with Crippen molar-refractivity contribution in [1.29, 1.82) is 0 Å². The van der Waals surface area contributed by atoms with E-state index < -0.39 is 12.1 Å². The van der Waals surface area contributed by atoms with Gasteiger partial charge in [-0.25, -0.2) is 14.0 Å². The number of thiophene rings is 1. The van der Waals surface area contributed by atoms with E-state index in [1.807, 2.05) is 62.4 Å². The van der Waals surface area contributed by atoms with E-state index in [2.05, 4.69) is 45.9 Å². The SMILES string of the molecule is COC(=O)NC(C(=O)[N+]1=C(c2[nH]c(-c3ccc4c(c3)OC(c3ccc(C5CC5)s3)C3=CC4=C(F)c4cc(C5CN=C(C6=NC7CC7C6)N5)ccc4C3)cc2C)CCC1)C(C)C. The predicted octanol–water partition coefficient (Wildman–Crippen LogP) is 9.16. The first kappa shape index (κ1) is 38.3. The molecular formula is C49H50FN6O4S+. The van der Waals surface area contributed by atoms with Gasteiger partial charge in [0, 0.05) is 50.6 Å². The van der Waals surface area contributed by atoms with E-state index in [1.54, 1.807) is 4.58 Å². The van der Waals surface area contributed by atoms with Crippen LogP contribution in [0.1, 0.15) is 114 Å². The summed E-state index contributed by atoms with van der Waals surface area (Å²) in [5, 5.41) is 6.36. The van der Waals surface area contributed by atoms with Gasteiger partial charge in [-0.2, -0.15) is 4.58 Å². The zero-order chi connectivity index (χ0) is 41.7. The third-order valence-corrected chi connectivity index (χ3v) is 14.8. The van der Waals surface area contributed by atoms with Crippen molar-refractivity contribution < 1.29 is 28.0 Å². The van der Waals surface area contributed by atoms with Crippen molar-refractivity contribution >= 4 is 52.0 Å². The number of carbonyl (C=O) groups excluding carboxylic acids is 2. The monoisotopic (exact) mass is 837 g/mol. The van der Waals surface area contributed by atoms with Gasteiger partial charge >= 0.3 is 12.0 Å². The van der Waals surface area contributed by atoms with Crippen LogP contribution in [-0.2, 0) is 16.0 Å². The highest BCUT2D eigenvalue weighted by Gasteiger charge is 2.45. The number of aliphatic imine (C=N–C) groups is 2. The molecule has 2 saturated carbocycles. The van der Waals surface area contributed by atoms with Crippen LogP contribution in [0.15, 0.2) is 76.2 Å². The Morgan fingerprint density at radius 1 is 1.07 bits per heavy atom. The molecule has 312 valence electrons. The molecule has 3 aliphatic carbocycles. The summed E-state index contributed by atoms with van der Waals surface area (Å²) in [6, 6.07) is 18.6. The van der Waals surface area contributed by atoms with Crippen molar-refractivity contribution in [2.45, 2.75) is 95.9 Å². The lowest BCUT2D eigenvalue weighted by Crippen LogP contribution is -2.49. The number of amidine groups is 1. The van der Waals surface area contributed by atoms with E-state index in [4.69, 9.17) is 19.5 Å². The summed E-state index contributed by atoms with van der Waals surface area (Å²) in [5.74, 6) is 2.30. The number of benzene rings is 2. The van der Waals surface area contributed by atoms with Gasteiger partial charge in [0.1, 0.15) is 23.1 Å². The molecule has 2 aromatic carbocycles. The Morgan fingerprint density at radius 2 is 1.92 bits per heavy atom. The number of H-pyrrole nitrogens is 1. The van der Waals surface area contributed by atoms with E-state index in [9.17, 15) is 9.59 Å². The van der Waals surface area contributed by atoms with Crippen LogP contribution >= 0.6 is 11.3 Å². The van der Waals surface area contributed by atoms with Crippen LogP contribution in [0.25, 0.3) is 22.7 Å². The maximum Gasteiger partial charge on any atom is 0.409 e. The molecule has 0 radical (unpaired) electrons. The molecule has 4 aliphatic heterocycles. The van der Waals surface area contributed by atoms with Gasteiger partial charge in [0.25, 0.3) is 0 Å². The fourth-order valence-corrected chi connectivity index (χ4v) is 11.1. The van der Waals surface area contributed by atoms with Crippen LogP contribution in [0, 0.1) is 18.8 Å². The standard InChI is InChI=1S/C49H49FN6O4S/c1-24(2)44(55-49(58)59-4)48(57)56-15-5-6-39(56)45-25(3)16-35(53-45)29-11-12-32-34-19-31(46(60-40(32)22-29)42-14-13-41(61-42)26-7-8-26)17-27-9-10-28(18-33(27)43(34)50)38-23-51-47(54-38)37-21-30-20-36(30)52-37/h9-14,16,18-19,22,24,26,30,36,38,44,46H,5-8,15,17,20-21,23H2,1-4H3,(H2,51,54,55,58)/p+1. The number of aryl methyl sites for hydroxylation is 1. The van der Waals surface area contributed by atoms with E-state index >= 15 is 4.39 Å². The quantitative estimate of drug-likeness (QED) is 0.145. The summed E-state index contributed by atoms with van der Waals surface area (Å²) in [6.45, 7) is 7.04. The third-order valence-electron chi connectivity index (χ3n) is 13.5. The number of amides is 2. The van der Waals surface area contributed by atoms with Crippen LogP contribution in [0.2, 0.25) is 0 Å². The number of rotatable bonds is 9. The molecule has 5 unspecified atom stereocenters. The van der Waals surface area contributed by atoms with Crippen molar-refractivity contribution in [3.8, 4) is 17.0 Å². The van der Waals surface area contributed by atoms with E-state index in [0.29, 0.717) is 59.8 Å². The molecule has 2 aromatic heterocycles. The first-order chi connectivity index (χ1) is 29.6. The van der Waals surface area contributed by atoms with Crippen LogP contribution in [0.3, 0.4) is 0 Å². The molecule has 7 aliphatic rings. The zero-order valence-corrected chi connectivity index (χ0v) is 35.8. The minimum atomic E-state index is -0.719. The van der Waals surface area contributed by atoms with Crippen molar-refractivity contribution in [3.05, 3.63) is 110 Å². The Kier molecular flexibility index (Phi) is 9.28. The molecule has 61 heavy (non-hydrogen) atoms. The van der Waals surface area contributed by atoms with Crippen LogP contribution in [0.5, 0.6) is 5.75 Å². The Morgan fingerprint density at radius 3 is 2.70 bits per heavy atom. The minimum Gasteiger partial charge on any atom is -0.480 e. The number of hydrogen-bond donors (Lipinski definition) is 3. The first-order valence-corrected chi connectivity index (χ1v) is 22.7. The number of alkyl carbamates (subject to hydrolysis) is 1. The molecule has 4 aromatic rings. The van der Waals surface area contributed by atoms with Gasteiger partial charge in [-0.05, 0) is 122 Å². The molecule has 12 heteroatoms. The van der Waals surface area contributed by atoms with E-state index in [-0.39, 0.29) is 29.8 Å². The Balaban J connectivity index is 0.952. The molecule has 6 heterocycles. The molecule has 11 rings (SSSR count). The highest BCUT2D eigenvalue weighted by atomic mass is 32.1. The molecular weight excluding hydrogens is 788 g/mol. The number of aromatic amines is 1. The number of nitrogens with zero attached hydrogens (tertiary/aromatic N) is 3. The molecule has 10 nitrogen and oxygen atoms in total. The van der Waals surface area contributed by atoms with Crippen molar-refractivity contribution in [1.82, 2.24) is 15.6 Å². The molecule has 5 atom stereocenters. The molecule has 3 N–H and O–H groups in total. The number of fused-ring (bicyclic) bond motifs is 5. The number of carbonyl (C=O) groups is 2. The van der Waals surface area contributed by atoms with Crippen LogP contribution < -0.4 is 15.4 Å². The second kappa shape index (κ2) is 14.8. The second-order valence-electron chi connectivity index (χ2n) is 18.1.